The van der Waals surface area contributed by atoms with Gasteiger partial charge in [0.2, 0.25) is 0 Å². The maximum absolute atomic E-state index is 11.2. The van der Waals surface area contributed by atoms with Crippen molar-refractivity contribution in [1.82, 2.24) is 0 Å². The predicted octanol–water partition coefficient (Wildman–Crippen LogP) is 2.79. The van der Waals surface area contributed by atoms with Gasteiger partial charge in [-0.05, 0) is 0 Å². The van der Waals surface area contributed by atoms with Crippen LogP contribution in [0.3, 0.4) is 0 Å². The standard InChI is InChI=1S/C14H13IO2Se/c1-12(16)17-15(13-8-4-2-5-9-13)18-14-10-6-3-7-11-14/h2-11H,1H3. The van der Waals surface area contributed by atoms with Gasteiger partial charge in [0.05, 0.1) is 0 Å². The molecule has 94 valence electrons. The summed E-state index contributed by atoms with van der Waals surface area (Å²) in [6, 6.07) is 20.4. The second kappa shape index (κ2) is 6.92. The molecule has 2 nitrogen and oxygen atoms in total. The molecular weight excluding hydrogens is 406 g/mol. The summed E-state index contributed by atoms with van der Waals surface area (Å²) in [5.41, 5.74) is 0. The average Bonchev–Trinajstić information content (AvgIpc) is 2.40. The Morgan fingerprint density at radius 1 is 1.00 bits per heavy atom. The first kappa shape index (κ1) is 13.6. The van der Waals surface area contributed by atoms with E-state index in [-0.39, 0.29) is 17.7 Å². The van der Waals surface area contributed by atoms with Gasteiger partial charge in [-0.25, -0.2) is 0 Å². The third kappa shape index (κ3) is 4.12. The fraction of sp³-hybridized carbons (Fsp3) is 0.0714. The summed E-state index contributed by atoms with van der Waals surface area (Å²) in [5, 5.41) is 0. The molecule has 2 aromatic rings. The molecule has 0 saturated heterocycles. The van der Waals surface area contributed by atoms with Gasteiger partial charge < -0.3 is 0 Å². The van der Waals surface area contributed by atoms with Crippen molar-refractivity contribution in [3.05, 3.63) is 64.2 Å². The van der Waals surface area contributed by atoms with E-state index in [1.165, 1.54) is 15.0 Å². The van der Waals surface area contributed by atoms with Gasteiger partial charge in [0.25, 0.3) is 0 Å². The van der Waals surface area contributed by atoms with E-state index in [4.69, 9.17) is 3.07 Å². The van der Waals surface area contributed by atoms with Crippen LogP contribution in [0.2, 0.25) is 0 Å². The third-order valence-electron chi connectivity index (χ3n) is 1.99. The Morgan fingerprint density at radius 2 is 1.56 bits per heavy atom. The maximum atomic E-state index is 11.2. The number of hydrogen-bond donors (Lipinski definition) is 0. The van der Waals surface area contributed by atoms with E-state index < -0.39 is 18.0 Å². The molecule has 0 aliphatic rings. The normalized spacial score (nSPS) is 10.8. The van der Waals surface area contributed by atoms with E-state index in [1.54, 1.807) is 0 Å². The zero-order valence-corrected chi connectivity index (χ0v) is 13.7. The quantitative estimate of drug-likeness (QED) is 0.563. The van der Waals surface area contributed by atoms with Crippen molar-refractivity contribution >= 4 is 40.1 Å². The monoisotopic (exact) mass is 420 g/mol. The molecule has 0 atom stereocenters. The zero-order valence-electron chi connectivity index (χ0n) is 9.88. The topological polar surface area (TPSA) is 26.3 Å². The van der Waals surface area contributed by atoms with Crippen molar-refractivity contribution in [3.63, 3.8) is 0 Å². The van der Waals surface area contributed by atoms with Gasteiger partial charge in [-0.2, -0.15) is 0 Å². The van der Waals surface area contributed by atoms with Crippen molar-refractivity contribution in [3.8, 4) is 0 Å². The summed E-state index contributed by atoms with van der Waals surface area (Å²) >= 11 is -1.62. The van der Waals surface area contributed by atoms with Crippen LogP contribution in [-0.4, -0.2) is 17.7 Å². The second-order valence-corrected chi connectivity index (χ2v) is 13.9. The zero-order chi connectivity index (χ0) is 12.8. The third-order valence-corrected chi connectivity index (χ3v) is 14.1. The molecule has 18 heavy (non-hydrogen) atoms. The van der Waals surface area contributed by atoms with E-state index in [0.717, 1.165) is 0 Å². The molecule has 0 saturated carbocycles. The van der Waals surface area contributed by atoms with Crippen LogP contribution in [0.1, 0.15) is 6.92 Å². The average molecular weight is 419 g/mol. The first-order chi connectivity index (χ1) is 8.75. The minimum absolute atomic E-state index is 0.165. The molecule has 0 bridgehead atoms. The van der Waals surface area contributed by atoms with Crippen LogP contribution in [0.5, 0.6) is 0 Å². The fourth-order valence-corrected chi connectivity index (χ4v) is 12.6. The molecule has 0 heterocycles. The van der Waals surface area contributed by atoms with E-state index in [2.05, 4.69) is 24.3 Å². The second-order valence-electron chi connectivity index (χ2n) is 3.47. The molecule has 0 aliphatic carbocycles. The Hall–Kier alpha value is -0.841. The molecule has 2 rings (SSSR count). The Bertz CT molecular complexity index is 502. The van der Waals surface area contributed by atoms with Crippen LogP contribution < -0.4 is 4.46 Å². The Balaban J connectivity index is 2.18. The molecular formula is C14H13IO2Se. The summed E-state index contributed by atoms with van der Waals surface area (Å²) in [5.74, 6) is -0.165. The van der Waals surface area contributed by atoms with Crippen LogP contribution in [0, 0.1) is 3.57 Å². The Morgan fingerprint density at radius 3 is 2.11 bits per heavy atom. The van der Waals surface area contributed by atoms with Crippen molar-refractivity contribution in [2.24, 2.45) is 0 Å². The summed E-state index contributed by atoms with van der Waals surface area (Å²) in [6.07, 6.45) is 0. The SMILES string of the molecule is CC(=O)OI([Se]c1ccccc1)c1ccccc1. The molecule has 0 unspecified atom stereocenters. The van der Waals surface area contributed by atoms with Crippen LogP contribution in [-0.2, 0) is 7.86 Å². The molecule has 0 radical (unpaired) electrons. The molecule has 0 spiro atoms. The van der Waals surface area contributed by atoms with Crippen LogP contribution in [0.15, 0.2) is 60.7 Å². The number of carbonyl (C=O) groups is 1. The summed E-state index contributed by atoms with van der Waals surface area (Å²) in [4.78, 5) is 11.2. The molecule has 0 amide bonds. The van der Waals surface area contributed by atoms with Gasteiger partial charge >= 0.3 is 119 Å². The van der Waals surface area contributed by atoms with Crippen molar-refractivity contribution in [2.75, 3.05) is 0 Å². The first-order valence-electron chi connectivity index (χ1n) is 5.43. The molecule has 0 N–H and O–H groups in total. The van der Waals surface area contributed by atoms with E-state index in [9.17, 15) is 4.79 Å². The van der Waals surface area contributed by atoms with Crippen LogP contribution in [0.4, 0.5) is 0 Å². The molecule has 0 aromatic heterocycles. The van der Waals surface area contributed by atoms with E-state index in [1.807, 2.05) is 36.4 Å². The molecule has 2 aromatic carbocycles. The summed E-state index contributed by atoms with van der Waals surface area (Å²) in [7, 11) is 0. The van der Waals surface area contributed by atoms with Gasteiger partial charge in [0.15, 0.2) is 0 Å². The number of benzene rings is 2. The van der Waals surface area contributed by atoms with Crippen molar-refractivity contribution in [1.29, 1.82) is 0 Å². The van der Waals surface area contributed by atoms with Gasteiger partial charge in [0.1, 0.15) is 0 Å². The van der Waals surface area contributed by atoms with Crippen LogP contribution in [0.25, 0.3) is 0 Å². The van der Waals surface area contributed by atoms with Crippen LogP contribution >= 0.6 is 18.0 Å². The molecule has 0 aliphatic heterocycles. The number of halogens is 1. The summed E-state index contributed by atoms with van der Waals surface area (Å²) in [6.45, 7) is 1.49. The van der Waals surface area contributed by atoms with Crippen molar-refractivity contribution < 1.29 is 7.86 Å². The predicted molar refractivity (Wildman–Crippen MR) is 82.8 cm³/mol. The minimum atomic E-state index is -1.86. The molecule has 0 fully saturated rings. The van der Waals surface area contributed by atoms with Gasteiger partial charge in [-0.1, -0.05) is 0 Å². The van der Waals surface area contributed by atoms with Gasteiger partial charge in [-0.3, -0.25) is 0 Å². The fourth-order valence-electron chi connectivity index (χ4n) is 1.27. The Labute approximate surface area is 118 Å². The van der Waals surface area contributed by atoms with Gasteiger partial charge in [-0.15, -0.1) is 0 Å². The Kier molecular flexibility index (Phi) is 5.23. The van der Waals surface area contributed by atoms with Gasteiger partial charge in [0, 0.05) is 0 Å². The van der Waals surface area contributed by atoms with E-state index in [0.29, 0.717) is 0 Å². The summed E-state index contributed by atoms with van der Waals surface area (Å²) < 4.78 is 8.09. The number of rotatable bonds is 4. The first-order valence-corrected chi connectivity index (χ1v) is 13.5. The van der Waals surface area contributed by atoms with Crippen molar-refractivity contribution in [2.45, 2.75) is 6.92 Å². The molecule has 4 heteroatoms. The van der Waals surface area contributed by atoms with E-state index >= 15 is 0 Å². The number of carbonyl (C=O) groups excluding carboxylic acids is 1. The number of hydrogen-bond acceptors (Lipinski definition) is 2.